The molecule has 4 rings (SSSR count). The first kappa shape index (κ1) is 14.2. The van der Waals surface area contributed by atoms with Crippen LogP contribution in [0.15, 0.2) is 85.7 Å². The second-order valence-corrected chi connectivity index (χ2v) is 5.35. The summed E-state index contributed by atoms with van der Waals surface area (Å²) in [7, 11) is 0. The largest absolute Gasteiger partial charge is 0.264 e. The Bertz CT molecular complexity index is 799. The fourth-order valence-electron chi connectivity index (χ4n) is 2.56. The van der Waals surface area contributed by atoms with Crippen LogP contribution in [0.1, 0.15) is 0 Å². The molecule has 0 saturated heterocycles. The first-order valence-corrected chi connectivity index (χ1v) is 7.63. The van der Waals surface area contributed by atoms with Crippen LogP contribution in [-0.4, -0.2) is 19.9 Å². The molecular weight excluding hydrogens is 296 g/mol. The van der Waals surface area contributed by atoms with Gasteiger partial charge in [0.05, 0.1) is 11.4 Å². The van der Waals surface area contributed by atoms with Gasteiger partial charge >= 0.3 is 0 Å². The molecule has 0 unspecified atom stereocenters. The van der Waals surface area contributed by atoms with Gasteiger partial charge in [0.2, 0.25) is 0 Å². The summed E-state index contributed by atoms with van der Waals surface area (Å²) < 4.78 is 0. The van der Waals surface area contributed by atoms with Crippen molar-refractivity contribution in [3.8, 4) is 33.6 Å². The van der Waals surface area contributed by atoms with E-state index in [4.69, 9.17) is 4.98 Å². The maximum Gasteiger partial charge on any atom is 0.0731 e. The Morgan fingerprint density at radius 1 is 0.500 bits per heavy atom. The molecule has 0 aromatic carbocycles. The molecule has 114 valence electrons. The molecule has 0 bridgehead atoms. The van der Waals surface area contributed by atoms with Crippen LogP contribution in [0.25, 0.3) is 33.6 Å². The van der Waals surface area contributed by atoms with Gasteiger partial charge in [0, 0.05) is 53.9 Å². The molecule has 4 heterocycles. The highest BCUT2D eigenvalue weighted by molar-refractivity contribution is 5.75. The second kappa shape index (κ2) is 6.38. The van der Waals surface area contributed by atoms with Crippen LogP contribution in [0.2, 0.25) is 0 Å². The molecule has 4 nitrogen and oxygen atoms in total. The highest BCUT2D eigenvalue weighted by Crippen LogP contribution is 2.29. The Morgan fingerprint density at radius 3 is 1.38 bits per heavy atom. The van der Waals surface area contributed by atoms with Gasteiger partial charge in [-0.25, -0.2) is 4.98 Å². The van der Waals surface area contributed by atoms with E-state index in [1.165, 1.54) is 0 Å². The Balaban J connectivity index is 1.92. The van der Waals surface area contributed by atoms with E-state index in [-0.39, 0.29) is 0 Å². The average molecular weight is 310 g/mol. The van der Waals surface area contributed by atoms with Crippen molar-refractivity contribution in [3.05, 3.63) is 85.7 Å². The van der Waals surface area contributed by atoms with E-state index in [1.807, 2.05) is 55.0 Å². The van der Waals surface area contributed by atoms with Crippen molar-refractivity contribution in [2.75, 3.05) is 0 Å². The van der Waals surface area contributed by atoms with Gasteiger partial charge in [-0.1, -0.05) is 6.07 Å². The minimum Gasteiger partial charge on any atom is -0.264 e. The van der Waals surface area contributed by atoms with Crippen LogP contribution in [0.4, 0.5) is 0 Å². The zero-order valence-corrected chi connectivity index (χ0v) is 12.9. The molecule has 0 N–H and O–H groups in total. The van der Waals surface area contributed by atoms with Gasteiger partial charge in [0.1, 0.15) is 0 Å². The van der Waals surface area contributed by atoms with Crippen LogP contribution in [0, 0.1) is 0 Å². The fraction of sp³-hybridized carbons (Fsp3) is 0. The molecule has 4 heteroatoms. The molecule has 0 aliphatic rings. The van der Waals surface area contributed by atoms with Gasteiger partial charge < -0.3 is 0 Å². The lowest BCUT2D eigenvalue weighted by Gasteiger charge is -2.09. The van der Waals surface area contributed by atoms with Crippen LogP contribution >= 0.6 is 0 Å². The van der Waals surface area contributed by atoms with Crippen molar-refractivity contribution in [2.45, 2.75) is 0 Å². The molecule has 0 radical (unpaired) electrons. The average Bonchev–Trinajstić information content (AvgIpc) is 2.70. The molecule has 0 amide bonds. The molecule has 0 aliphatic heterocycles. The van der Waals surface area contributed by atoms with E-state index >= 15 is 0 Å². The number of pyridine rings is 4. The molecule has 0 saturated carbocycles. The van der Waals surface area contributed by atoms with E-state index in [0.29, 0.717) is 0 Å². The topological polar surface area (TPSA) is 51.6 Å². The first-order chi connectivity index (χ1) is 11.9. The third-order valence-electron chi connectivity index (χ3n) is 3.73. The molecule has 4 aromatic heterocycles. The van der Waals surface area contributed by atoms with E-state index in [9.17, 15) is 0 Å². The van der Waals surface area contributed by atoms with E-state index in [1.54, 1.807) is 18.6 Å². The van der Waals surface area contributed by atoms with Crippen molar-refractivity contribution >= 4 is 0 Å². The van der Waals surface area contributed by atoms with Crippen LogP contribution in [-0.2, 0) is 0 Å². The zero-order valence-electron chi connectivity index (χ0n) is 12.9. The van der Waals surface area contributed by atoms with Gasteiger partial charge in [0.15, 0.2) is 0 Å². The van der Waals surface area contributed by atoms with Gasteiger partial charge in [0.25, 0.3) is 0 Å². The minimum absolute atomic E-state index is 0.878. The van der Waals surface area contributed by atoms with Crippen LogP contribution in [0.5, 0.6) is 0 Å². The van der Waals surface area contributed by atoms with Crippen LogP contribution in [0.3, 0.4) is 0 Å². The SMILES string of the molecule is c1cncc(-c2cc(-c3cccnc3)nc(-c3cccnc3)c2)c1. The second-order valence-electron chi connectivity index (χ2n) is 5.35. The zero-order chi connectivity index (χ0) is 16.2. The van der Waals surface area contributed by atoms with Crippen LogP contribution < -0.4 is 0 Å². The lowest BCUT2D eigenvalue weighted by molar-refractivity contribution is 1.26. The quantitative estimate of drug-likeness (QED) is 0.567. The summed E-state index contributed by atoms with van der Waals surface area (Å²) in [4.78, 5) is 17.4. The predicted molar refractivity (Wildman–Crippen MR) is 93.9 cm³/mol. The maximum absolute atomic E-state index is 4.80. The van der Waals surface area contributed by atoms with Crippen molar-refractivity contribution in [2.24, 2.45) is 0 Å². The van der Waals surface area contributed by atoms with Crippen molar-refractivity contribution in [3.63, 3.8) is 0 Å². The maximum atomic E-state index is 4.80. The molecule has 0 atom stereocenters. The van der Waals surface area contributed by atoms with Gasteiger partial charge in [-0.3, -0.25) is 15.0 Å². The highest BCUT2D eigenvalue weighted by Gasteiger charge is 2.09. The Labute approximate surface area is 139 Å². The predicted octanol–water partition coefficient (Wildman–Crippen LogP) is 4.27. The summed E-state index contributed by atoms with van der Waals surface area (Å²) in [5.74, 6) is 0. The van der Waals surface area contributed by atoms with Gasteiger partial charge in [-0.15, -0.1) is 0 Å². The normalized spacial score (nSPS) is 10.5. The van der Waals surface area contributed by atoms with Gasteiger partial charge in [-0.2, -0.15) is 0 Å². The summed E-state index contributed by atoms with van der Waals surface area (Å²) >= 11 is 0. The molecular formula is C20H14N4. The number of aromatic nitrogens is 4. The van der Waals surface area contributed by atoms with E-state index in [0.717, 1.165) is 33.6 Å². The standard InChI is InChI=1S/C20H14N4/c1-4-15(12-21-7-1)18-10-19(16-5-2-8-22-13-16)24-20(11-18)17-6-3-9-23-14-17/h1-14H. The molecule has 0 spiro atoms. The monoisotopic (exact) mass is 310 g/mol. The highest BCUT2D eigenvalue weighted by atomic mass is 14.7. The molecule has 24 heavy (non-hydrogen) atoms. The lowest BCUT2D eigenvalue weighted by atomic mass is 10.0. The number of hydrogen-bond donors (Lipinski definition) is 0. The Hall–Kier alpha value is -3.40. The molecule has 0 fully saturated rings. The third kappa shape index (κ3) is 2.90. The first-order valence-electron chi connectivity index (χ1n) is 7.63. The van der Waals surface area contributed by atoms with Crippen molar-refractivity contribution < 1.29 is 0 Å². The summed E-state index contributed by atoms with van der Waals surface area (Å²) in [6.45, 7) is 0. The number of nitrogens with zero attached hydrogens (tertiary/aromatic N) is 4. The van der Waals surface area contributed by atoms with E-state index in [2.05, 4.69) is 27.1 Å². The van der Waals surface area contributed by atoms with E-state index < -0.39 is 0 Å². The lowest BCUT2D eigenvalue weighted by Crippen LogP contribution is -1.92. The Morgan fingerprint density at radius 2 is 0.958 bits per heavy atom. The molecule has 4 aromatic rings. The summed E-state index contributed by atoms with van der Waals surface area (Å²) in [5, 5.41) is 0. The summed E-state index contributed by atoms with van der Waals surface area (Å²) in [6.07, 6.45) is 10.8. The fourth-order valence-corrected chi connectivity index (χ4v) is 2.56. The molecule has 0 aliphatic carbocycles. The van der Waals surface area contributed by atoms with Gasteiger partial charge in [-0.05, 0) is 48.0 Å². The summed E-state index contributed by atoms with van der Waals surface area (Å²) in [5.41, 5.74) is 5.83. The smallest absolute Gasteiger partial charge is 0.0731 e. The summed E-state index contributed by atoms with van der Waals surface area (Å²) in [6, 6.07) is 16.0. The number of hydrogen-bond acceptors (Lipinski definition) is 4. The minimum atomic E-state index is 0.878. The van der Waals surface area contributed by atoms with Crippen molar-refractivity contribution in [1.29, 1.82) is 0 Å². The van der Waals surface area contributed by atoms with Crippen molar-refractivity contribution in [1.82, 2.24) is 19.9 Å². The third-order valence-corrected chi connectivity index (χ3v) is 3.73. The Kier molecular flexibility index (Phi) is 3.78. The number of rotatable bonds is 3.